The van der Waals surface area contributed by atoms with Crippen LogP contribution in [-0.4, -0.2) is 61.3 Å². The predicted molar refractivity (Wildman–Crippen MR) is 62.5 cm³/mol. The van der Waals surface area contributed by atoms with Gasteiger partial charge in [0.1, 0.15) is 5.82 Å². The van der Waals surface area contributed by atoms with E-state index in [0.29, 0.717) is 0 Å². The third-order valence-electron chi connectivity index (χ3n) is 2.58. The lowest BCUT2D eigenvalue weighted by Gasteiger charge is -2.34. The van der Waals surface area contributed by atoms with Crippen molar-refractivity contribution in [3.63, 3.8) is 0 Å². The molecule has 0 N–H and O–H groups in total. The summed E-state index contributed by atoms with van der Waals surface area (Å²) < 4.78 is 5.71. The Labute approximate surface area is 96.1 Å². The van der Waals surface area contributed by atoms with Gasteiger partial charge >= 0.3 is 0 Å². The molecule has 0 saturated carbocycles. The molecule has 5 heteroatoms. The van der Waals surface area contributed by atoms with Crippen LogP contribution in [-0.2, 0) is 4.74 Å². The van der Waals surface area contributed by atoms with Crippen LogP contribution >= 0.6 is 0 Å². The van der Waals surface area contributed by atoms with E-state index in [4.69, 9.17) is 4.74 Å². The minimum absolute atomic E-state index is 0.255. The molecule has 1 unspecified atom stereocenters. The van der Waals surface area contributed by atoms with Crippen molar-refractivity contribution in [1.29, 1.82) is 0 Å². The van der Waals surface area contributed by atoms with Gasteiger partial charge in [-0.05, 0) is 14.1 Å². The first kappa shape index (κ1) is 11.3. The first-order chi connectivity index (χ1) is 7.75. The number of morpholine rings is 1. The fourth-order valence-electron chi connectivity index (χ4n) is 1.90. The first-order valence-electron chi connectivity index (χ1n) is 5.53. The molecule has 0 aliphatic carbocycles. The number of hydrogen-bond acceptors (Lipinski definition) is 5. The summed E-state index contributed by atoms with van der Waals surface area (Å²) in [6.07, 6.45) is 5.48. The standard InChI is InChI=1S/C11H18N4O/c1-14(2)8-10-9-15(5-6-16-10)11-7-12-3-4-13-11/h3-4,7,10H,5-6,8-9H2,1-2H3. The van der Waals surface area contributed by atoms with Crippen LogP contribution < -0.4 is 4.90 Å². The van der Waals surface area contributed by atoms with Crippen LogP contribution in [0, 0.1) is 0 Å². The van der Waals surface area contributed by atoms with Gasteiger partial charge in [0.25, 0.3) is 0 Å². The van der Waals surface area contributed by atoms with Crippen LogP contribution in [0.15, 0.2) is 18.6 Å². The monoisotopic (exact) mass is 222 g/mol. The fraction of sp³-hybridized carbons (Fsp3) is 0.636. The van der Waals surface area contributed by atoms with Gasteiger partial charge in [0.2, 0.25) is 0 Å². The van der Waals surface area contributed by atoms with Gasteiger partial charge in [0, 0.05) is 32.0 Å². The largest absolute Gasteiger partial charge is 0.373 e. The SMILES string of the molecule is CN(C)CC1CN(c2cnccn2)CCO1. The van der Waals surface area contributed by atoms with E-state index < -0.39 is 0 Å². The van der Waals surface area contributed by atoms with Crippen molar-refractivity contribution >= 4 is 5.82 Å². The third-order valence-corrected chi connectivity index (χ3v) is 2.58. The zero-order chi connectivity index (χ0) is 11.4. The molecule has 2 heterocycles. The highest BCUT2D eigenvalue weighted by atomic mass is 16.5. The molecule has 1 aliphatic rings. The number of aromatic nitrogens is 2. The summed E-state index contributed by atoms with van der Waals surface area (Å²) in [6.45, 7) is 3.48. The van der Waals surface area contributed by atoms with E-state index in [9.17, 15) is 0 Å². The molecule has 1 aromatic rings. The van der Waals surface area contributed by atoms with Gasteiger partial charge in [-0.15, -0.1) is 0 Å². The molecular weight excluding hydrogens is 204 g/mol. The molecular formula is C11H18N4O. The Bertz CT molecular complexity index is 317. The van der Waals surface area contributed by atoms with Gasteiger partial charge in [-0.25, -0.2) is 4.98 Å². The summed E-state index contributed by atoms with van der Waals surface area (Å²) in [5.74, 6) is 0.939. The van der Waals surface area contributed by atoms with E-state index in [1.807, 2.05) is 0 Å². The molecule has 0 spiro atoms. The minimum atomic E-state index is 0.255. The number of likely N-dealkylation sites (N-methyl/N-ethyl adjacent to an activating group) is 1. The second kappa shape index (κ2) is 5.23. The molecule has 5 nitrogen and oxygen atoms in total. The highest BCUT2D eigenvalue weighted by Gasteiger charge is 2.21. The van der Waals surface area contributed by atoms with E-state index in [0.717, 1.165) is 32.1 Å². The zero-order valence-corrected chi connectivity index (χ0v) is 9.83. The van der Waals surface area contributed by atoms with Crippen LogP contribution in [0.1, 0.15) is 0 Å². The van der Waals surface area contributed by atoms with E-state index in [-0.39, 0.29) is 6.10 Å². The van der Waals surface area contributed by atoms with Crippen molar-refractivity contribution in [2.45, 2.75) is 6.10 Å². The smallest absolute Gasteiger partial charge is 0.147 e. The quantitative estimate of drug-likeness (QED) is 0.733. The van der Waals surface area contributed by atoms with Crippen LogP contribution in [0.2, 0.25) is 0 Å². The summed E-state index contributed by atoms with van der Waals surface area (Å²) in [4.78, 5) is 12.8. The van der Waals surface area contributed by atoms with Gasteiger partial charge in [0.05, 0.1) is 18.9 Å². The van der Waals surface area contributed by atoms with Crippen LogP contribution in [0.25, 0.3) is 0 Å². The molecule has 1 fully saturated rings. The lowest BCUT2D eigenvalue weighted by Crippen LogP contribution is -2.46. The van der Waals surface area contributed by atoms with E-state index in [1.165, 1.54) is 0 Å². The van der Waals surface area contributed by atoms with Gasteiger partial charge < -0.3 is 14.5 Å². The lowest BCUT2D eigenvalue weighted by molar-refractivity contribution is 0.0245. The Balaban J connectivity index is 1.97. The Morgan fingerprint density at radius 1 is 1.50 bits per heavy atom. The second-order valence-electron chi connectivity index (χ2n) is 4.26. The molecule has 1 atom stereocenters. The van der Waals surface area contributed by atoms with Crippen molar-refractivity contribution < 1.29 is 4.74 Å². The Kier molecular flexibility index (Phi) is 3.69. The van der Waals surface area contributed by atoms with Crippen molar-refractivity contribution in [2.24, 2.45) is 0 Å². The van der Waals surface area contributed by atoms with Crippen molar-refractivity contribution in [3.8, 4) is 0 Å². The minimum Gasteiger partial charge on any atom is -0.373 e. The number of hydrogen-bond donors (Lipinski definition) is 0. The number of nitrogens with zero attached hydrogens (tertiary/aromatic N) is 4. The fourth-order valence-corrected chi connectivity index (χ4v) is 1.90. The molecule has 1 aliphatic heterocycles. The molecule has 16 heavy (non-hydrogen) atoms. The highest BCUT2D eigenvalue weighted by molar-refractivity contribution is 5.35. The number of ether oxygens (including phenoxy) is 1. The van der Waals surface area contributed by atoms with Crippen LogP contribution in [0.5, 0.6) is 0 Å². The number of rotatable bonds is 3. The molecule has 0 radical (unpaired) electrons. The molecule has 0 bridgehead atoms. The van der Waals surface area contributed by atoms with Crippen LogP contribution in [0.3, 0.4) is 0 Å². The Hall–Kier alpha value is -1.20. The van der Waals surface area contributed by atoms with E-state index in [2.05, 4.69) is 33.9 Å². The van der Waals surface area contributed by atoms with Crippen molar-refractivity contribution in [3.05, 3.63) is 18.6 Å². The summed E-state index contributed by atoms with van der Waals surface area (Å²) in [7, 11) is 4.12. The third kappa shape index (κ3) is 2.90. The van der Waals surface area contributed by atoms with Crippen molar-refractivity contribution in [2.75, 3.05) is 45.2 Å². The van der Waals surface area contributed by atoms with E-state index in [1.54, 1.807) is 18.6 Å². The summed E-state index contributed by atoms with van der Waals surface area (Å²) in [5.41, 5.74) is 0. The summed E-state index contributed by atoms with van der Waals surface area (Å²) in [5, 5.41) is 0. The predicted octanol–water partition coefficient (Wildman–Crippen LogP) is 0.243. The summed E-state index contributed by atoms with van der Waals surface area (Å²) in [6, 6.07) is 0. The molecule has 88 valence electrons. The maximum Gasteiger partial charge on any atom is 0.147 e. The summed E-state index contributed by atoms with van der Waals surface area (Å²) >= 11 is 0. The average Bonchev–Trinajstić information content (AvgIpc) is 2.30. The van der Waals surface area contributed by atoms with Crippen LogP contribution in [0.4, 0.5) is 5.82 Å². The first-order valence-corrected chi connectivity index (χ1v) is 5.53. The topological polar surface area (TPSA) is 41.5 Å². The molecule has 2 rings (SSSR count). The molecule has 1 aromatic heterocycles. The Morgan fingerprint density at radius 3 is 3.06 bits per heavy atom. The Morgan fingerprint density at radius 2 is 2.38 bits per heavy atom. The molecule has 1 saturated heterocycles. The maximum atomic E-state index is 5.71. The maximum absolute atomic E-state index is 5.71. The lowest BCUT2D eigenvalue weighted by atomic mass is 10.2. The van der Waals surface area contributed by atoms with Gasteiger partial charge in [-0.3, -0.25) is 4.98 Å². The molecule has 0 aromatic carbocycles. The van der Waals surface area contributed by atoms with Crippen molar-refractivity contribution in [1.82, 2.24) is 14.9 Å². The number of anilines is 1. The van der Waals surface area contributed by atoms with Gasteiger partial charge in [0.15, 0.2) is 0 Å². The average molecular weight is 222 g/mol. The van der Waals surface area contributed by atoms with E-state index >= 15 is 0 Å². The highest BCUT2D eigenvalue weighted by Crippen LogP contribution is 2.13. The molecule has 0 amide bonds. The second-order valence-corrected chi connectivity index (χ2v) is 4.26. The van der Waals surface area contributed by atoms with Gasteiger partial charge in [-0.2, -0.15) is 0 Å². The zero-order valence-electron chi connectivity index (χ0n) is 9.83. The normalized spacial score (nSPS) is 21.4. The van der Waals surface area contributed by atoms with Gasteiger partial charge in [-0.1, -0.05) is 0 Å².